The highest BCUT2D eigenvalue weighted by molar-refractivity contribution is 7.89. The summed E-state index contributed by atoms with van der Waals surface area (Å²) < 4.78 is 25.1. The van der Waals surface area contributed by atoms with Crippen LogP contribution in [0.2, 0.25) is 0 Å². The lowest BCUT2D eigenvalue weighted by molar-refractivity contribution is 0.516. The largest absolute Gasteiger partial charge is 0.382 e. The average molecular weight is 464 g/mol. The quantitative estimate of drug-likeness (QED) is 0.389. The number of aryl methyl sites for hydroxylation is 1. The second-order valence-electron chi connectivity index (χ2n) is 8.70. The first kappa shape index (κ1) is 22.9. The van der Waals surface area contributed by atoms with Crippen LogP contribution >= 0.6 is 0 Å². The zero-order valence-electron chi connectivity index (χ0n) is 19.1. The van der Waals surface area contributed by atoms with Gasteiger partial charge in [0.1, 0.15) is 11.3 Å². The van der Waals surface area contributed by atoms with Gasteiger partial charge in [-0.2, -0.15) is 0 Å². The van der Waals surface area contributed by atoms with Crippen LogP contribution in [0.1, 0.15) is 44.1 Å². The van der Waals surface area contributed by atoms with Crippen molar-refractivity contribution in [1.82, 2.24) is 14.5 Å². The highest BCUT2D eigenvalue weighted by atomic mass is 32.2. The molecule has 7 nitrogen and oxygen atoms in total. The molecule has 0 bridgehead atoms. The molecule has 0 saturated heterocycles. The first-order valence-electron chi connectivity index (χ1n) is 11.1. The summed E-state index contributed by atoms with van der Waals surface area (Å²) in [5, 5.41) is 6.19. The Morgan fingerprint density at radius 3 is 2.33 bits per heavy atom. The second-order valence-corrected chi connectivity index (χ2v) is 10.3. The Morgan fingerprint density at radius 1 is 1.03 bits per heavy atom. The molecule has 2 aromatic heterocycles. The van der Waals surface area contributed by atoms with E-state index in [2.05, 4.69) is 36.4 Å². The van der Waals surface area contributed by atoms with Gasteiger partial charge in [0.15, 0.2) is 5.82 Å². The summed E-state index contributed by atoms with van der Waals surface area (Å²) in [7, 11) is -3.70. The molecule has 0 radical (unpaired) electrons. The first-order valence-corrected chi connectivity index (χ1v) is 12.6. The van der Waals surface area contributed by atoms with Crippen molar-refractivity contribution in [2.45, 2.75) is 45.1 Å². The normalized spacial score (nSPS) is 12.5. The average Bonchev–Trinajstić information content (AvgIpc) is 3.10. The molecule has 0 amide bonds. The van der Waals surface area contributed by atoms with Crippen molar-refractivity contribution in [2.24, 2.45) is 11.1 Å². The van der Waals surface area contributed by atoms with Crippen molar-refractivity contribution >= 4 is 49.9 Å². The van der Waals surface area contributed by atoms with Crippen LogP contribution < -0.4 is 10.9 Å². The summed E-state index contributed by atoms with van der Waals surface area (Å²) >= 11 is 0. The van der Waals surface area contributed by atoms with E-state index in [4.69, 9.17) is 15.9 Å². The Morgan fingerprint density at radius 2 is 1.70 bits per heavy atom. The van der Waals surface area contributed by atoms with Crippen molar-refractivity contribution in [1.29, 1.82) is 0 Å². The molecule has 172 valence electrons. The molecule has 0 saturated carbocycles. The third-order valence-electron chi connectivity index (χ3n) is 5.51. The van der Waals surface area contributed by atoms with Crippen molar-refractivity contribution in [3.8, 4) is 0 Å². The number of pyridine rings is 1. The number of imidazole rings is 1. The molecule has 0 aliphatic heterocycles. The van der Waals surface area contributed by atoms with Gasteiger partial charge >= 0.3 is 0 Å². The van der Waals surface area contributed by atoms with Gasteiger partial charge in [0.05, 0.1) is 15.9 Å². The summed E-state index contributed by atoms with van der Waals surface area (Å²) in [6.45, 7) is 7.43. The number of nitrogens with two attached hydrogens (primary N) is 2. The van der Waals surface area contributed by atoms with Gasteiger partial charge in [-0.25, -0.2) is 23.5 Å². The zero-order chi connectivity index (χ0) is 23.8. The van der Waals surface area contributed by atoms with Crippen LogP contribution in [0.15, 0.2) is 47.4 Å². The molecule has 8 heteroatoms. The van der Waals surface area contributed by atoms with Gasteiger partial charge in [-0.1, -0.05) is 57.2 Å². The third-order valence-corrected chi connectivity index (χ3v) is 6.43. The summed E-state index contributed by atoms with van der Waals surface area (Å²) in [6.07, 6.45) is 5.78. The zero-order valence-corrected chi connectivity index (χ0v) is 19.9. The molecular formula is C25H29N5O2S. The van der Waals surface area contributed by atoms with E-state index >= 15 is 0 Å². The predicted molar refractivity (Wildman–Crippen MR) is 135 cm³/mol. The summed E-state index contributed by atoms with van der Waals surface area (Å²) in [4.78, 5) is 9.57. The van der Waals surface area contributed by atoms with Gasteiger partial charge in [-0.3, -0.25) is 0 Å². The van der Waals surface area contributed by atoms with E-state index in [1.165, 1.54) is 12.1 Å². The smallest absolute Gasteiger partial charge is 0.238 e. The molecule has 0 atom stereocenters. The number of fused-ring (bicyclic) bond motifs is 3. The van der Waals surface area contributed by atoms with Gasteiger partial charge in [-0.05, 0) is 41.7 Å². The lowest BCUT2D eigenvalue weighted by Gasteiger charge is -2.13. The van der Waals surface area contributed by atoms with E-state index in [-0.39, 0.29) is 4.90 Å². The second kappa shape index (κ2) is 8.96. The molecule has 33 heavy (non-hydrogen) atoms. The number of benzene rings is 2. The highest BCUT2D eigenvalue weighted by Gasteiger charge is 2.17. The molecule has 0 unspecified atom stereocenters. The van der Waals surface area contributed by atoms with Crippen LogP contribution in [-0.4, -0.2) is 23.0 Å². The minimum atomic E-state index is -3.70. The van der Waals surface area contributed by atoms with E-state index in [1.54, 1.807) is 12.1 Å². The molecule has 2 heterocycles. The molecule has 4 aromatic rings. The number of sulfonamides is 1. The van der Waals surface area contributed by atoms with Crippen molar-refractivity contribution in [3.05, 3.63) is 59.4 Å². The van der Waals surface area contributed by atoms with E-state index in [0.717, 1.165) is 58.3 Å². The standard InChI is InChI=1S/C25H29N5O2S/c1-4-5-22-29-23-24(30(22)15-16(2)3)20-13-10-18(14-21(20)28-25(23)26)7-6-17-8-11-19(12-9-17)33(27,31)32/h6-14,16H,4-5,15H2,1-3H3,(H2,26,28)(H2,27,31,32)/b7-6+. The number of nitrogens with zero attached hydrogens (tertiary/aromatic N) is 3. The molecule has 0 aliphatic carbocycles. The van der Waals surface area contributed by atoms with E-state index in [0.29, 0.717) is 11.7 Å². The Balaban J connectivity index is 1.76. The summed E-state index contributed by atoms with van der Waals surface area (Å²) in [5.74, 6) is 1.97. The molecule has 0 aliphatic rings. The number of rotatable bonds is 7. The number of hydrogen-bond donors (Lipinski definition) is 2. The summed E-state index contributed by atoms with van der Waals surface area (Å²) in [6, 6.07) is 12.6. The lowest BCUT2D eigenvalue weighted by Crippen LogP contribution is -2.11. The summed E-state index contributed by atoms with van der Waals surface area (Å²) in [5.41, 5.74) is 10.8. The van der Waals surface area contributed by atoms with Crippen molar-refractivity contribution in [3.63, 3.8) is 0 Å². The minimum absolute atomic E-state index is 0.0921. The first-order chi connectivity index (χ1) is 15.7. The van der Waals surface area contributed by atoms with Crippen LogP contribution in [0.3, 0.4) is 0 Å². The third kappa shape index (κ3) is 4.77. The SMILES string of the molecule is CCCc1nc2c(N)nc3cc(/C=C/c4ccc(S(N)(=O)=O)cc4)ccc3c2n1CC(C)C. The van der Waals surface area contributed by atoms with Gasteiger partial charge in [0.2, 0.25) is 10.0 Å². The lowest BCUT2D eigenvalue weighted by atomic mass is 10.1. The van der Waals surface area contributed by atoms with Gasteiger partial charge in [0, 0.05) is 18.4 Å². The van der Waals surface area contributed by atoms with Gasteiger partial charge in [-0.15, -0.1) is 0 Å². The fourth-order valence-electron chi connectivity index (χ4n) is 4.02. The van der Waals surface area contributed by atoms with Crippen LogP contribution in [0.4, 0.5) is 5.82 Å². The van der Waals surface area contributed by atoms with Crippen LogP contribution in [-0.2, 0) is 23.0 Å². The number of anilines is 1. The maximum absolute atomic E-state index is 11.4. The molecule has 0 spiro atoms. The Kier molecular flexibility index (Phi) is 6.23. The Hall–Kier alpha value is -3.23. The van der Waals surface area contributed by atoms with E-state index in [9.17, 15) is 8.42 Å². The predicted octanol–water partition coefficient (Wildman–Crippen LogP) is 4.59. The Labute approximate surface area is 194 Å². The highest BCUT2D eigenvalue weighted by Crippen LogP contribution is 2.31. The number of hydrogen-bond acceptors (Lipinski definition) is 5. The molecular weight excluding hydrogens is 434 g/mol. The maximum atomic E-state index is 11.4. The number of aromatic nitrogens is 3. The van der Waals surface area contributed by atoms with Crippen molar-refractivity contribution in [2.75, 3.05) is 5.73 Å². The van der Waals surface area contributed by atoms with Gasteiger partial charge in [0.25, 0.3) is 0 Å². The van der Waals surface area contributed by atoms with Crippen molar-refractivity contribution < 1.29 is 8.42 Å². The fourth-order valence-corrected chi connectivity index (χ4v) is 4.53. The number of nitrogen functional groups attached to an aromatic ring is 1. The topological polar surface area (TPSA) is 117 Å². The van der Waals surface area contributed by atoms with Gasteiger partial charge < -0.3 is 10.3 Å². The number of primary sulfonamides is 1. The molecule has 2 aromatic carbocycles. The van der Waals surface area contributed by atoms with E-state index < -0.39 is 10.0 Å². The molecule has 0 fully saturated rings. The van der Waals surface area contributed by atoms with Crippen LogP contribution in [0.5, 0.6) is 0 Å². The fraction of sp³-hybridized carbons (Fsp3) is 0.280. The molecule has 4 N–H and O–H groups in total. The van der Waals surface area contributed by atoms with Crippen LogP contribution in [0, 0.1) is 5.92 Å². The monoisotopic (exact) mass is 463 g/mol. The maximum Gasteiger partial charge on any atom is 0.238 e. The van der Waals surface area contributed by atoms with E-state index in [1.807, 2.05) is 24.3 Å². The molecule has 4 rings (SSSR count). The Bertz CT molecular complexity index is 1450. The van der Waals surface area contributed by atoms with Crippen LogP contribution in [0.25, 0.3) is 34.1 Å². The minimum Gasteiger partial charge on any atom is -0.382 e.